The van der Waals surface area contributed by atoms with Crippen LogP contribution in [0.1, 0.15) is 44.9 Å². The maximum Gasteiger partial charge on any atom is 0.130 e. The molecule has 0 aliphatic rings. The van der Waals surface area contributed by atoms with E-state index in [4.69, 9.17) is 0 Å². The number of benzene rings is 1. The maximum atomic E-state index is 13.7. The van der Waals surface area contributed by atoms with Gasteiger partial charge in [-0.3, -0.25) is 4.68 Å². The number of rotatable bonds is 4. The summed E-state index contributed by atoms with van der Waals surface area (Å²) >= 11 is 0. The monoisotopic (exact) mass is 293 g/mol. The zero-order valence-corrected chi connectivity index (χ0v) is 12.8. The van der Waals surface area contributed by atoms with Gasteiger partial charge in [0.2, 0.25) is 0 Å². The second kappa shape index (κ2) is 5.93. The van der Waals surface area contributed by atoms with Gasteiger partial charge in [-0.25, -0.2) is 8.78 Å². The van der Waals surface area contributed by atoms with E-state index in [1.807, 2.05) is 10.9 Å². The summed E-state index contributed by atoms with van der Waals surface area (Å²) in [5.74, 6) is -1.05. The van der Waals surface area contributed by atoms with Gasteiger partial charge in [-0.05, 0) is 39.8 Å². The first-order valence-electron chi connectivity index (χ1n) is 7.00. The van der Waals surface area contributed by atoms with E-state index in [0.29, 0.717) is 6.54 Å². The molecule has 5 heteroatoms. The molecule has 1 unspecified atom stereocenters. The van der Waals surface area contributed by atoms with Crippen LogP contribution in [0, 0.1) is 11.6 Å². The standard InChI is InChI=1S/C16H21F2N3/c1-11(15-13(17)6-5-7-14(15)18)19-8-12-9-20-21(10-12)16(2,3)4/h5-7,9-11,19H,8H2,1-4H3. The summed E-state index contributed by atoms with van der Waals surface area (Å²) in [6.07, 6.45) is 3.71. The van der Waals surface area contributed by atoms with Crippen molar-refractivity contribution in [2.45, 2.75) is 45.8 Å². The number of aromatic nitrogens is 2. The molecule has 1 aromatic carbocycles. The Morgan fingerprint density at radius 2 is 1.86 bits per heavy atom. The third-order valence-corrected chi connectivity index (χ3v) is 3.37. The normalized spacial score (nSPS) is 13.4. The van der Waals surface area contributed by atoms with Crippen molar-refractivity contribution in [2.24, 2.45) is 0 Å². The van der Waals surface area contributed by atoms with Crippen LogP contribution in [0.4, 0.5) is 8.78 Å². The summed E-state index contributed by atoms with van der Waals surface area (Å²) in [7, 11) is 0. The van der Waals surface area contributed by atoms with Crippen molar-refractivity contribution >= 4 is 0 Å². The number of nitrogens with one attached hydrogen (secondary N) is 1. The quantitative estimate of drug-likeness (QED) is 0.930. The molecule has 1 atom stereocenters. The summed E-state index contributed by atoms with van der Waals surface area (Å²) in [5.41, 5.74) is 0.968. The first-order chi connectivity index (χ1) is 9.79. The van der Waals surface area contributed by atoms with Gasteiger partial charge in [0, 0.05) is 29.9 Å². The van der Waals surface area contributed by atoms with Crippen molar-refractivity contribution in [3.63, 3.8) is 0 Å². The lowest BCUT2D eigenvalue weighted by Gasteiger charge is -2.19. The van der Waals surface area contributed by atoms with Crippen molar-refractivity contribution in [3.05, 3.63) is 53.4 Å². The van der Waals surface area contributed by atoms with E-state index >= 15 is 0 Å². The Balaban J connectivity index is 2.05. The first-order valence-corrected chi connectivity index (χ1v) is 7.00. The van der Waals surface area contributed by atoms with Gasteiger partial charge in [-0.1, -0.05) is 6.07 Å². The molecule has 1 aromatic heterocycles. The Bertz CT molecular complexity index is 594. The molecule has 0 spiro atoms. The molecule has 0 amide bonds. The molecule has 0 saturated heterocycles. The SMILES string of the molecule is CC(NCc1cnn(C(C)(C)C)c1)c1c(F)cccc1F. The van der Waals surface area contributed by atoms with E-state index in [9.17, 15) is 8.78 Å². The Hall–Kier alpha value is -1.75. The highest BCUT2D eigenvalue weighted by Crippen LogP contribution is 2.21. The Labute approximate surface area is 124 Å². The summed E-state index contributed by atoms with van der Waals surface area (Å²) in [5, 5.41) is 7.43. The third kappa shape index (κ3) is 3.67. The largest absolute Gasteiger partial charge is 0.306 e. The van der Waals surface area contributed by atoms with Crippen molar-refractivity contribution < 1.29 is 8.78 Å². The van der Waals surface area contributed by atoms with Crippen LogP contribution in [0.2, 0.25) is 0 Å². The molecule has 0 bridgehead atoms. The maximum absolute atomic E-state index is 13.7. The summed E-state index contributed by atoms with van der Waals surface area (Å²) in [6, 6.07) is 3.50. The fourth-order valence-corrected chi connectivity index (χ4v) is 2.12. The van der Waals surface area contributed by atoms with Gasteiger partial charge in [-0.15, -0.1) is 0 Å². The highest BCUT2D eigenvalue weighted by Gasteiger charge is 2.17. The second-order valence-electron chi connectivity index (χ2n) is 6.20. The number of halogens is 2. The molecule has 21 heavy (non-hydrogen) atoms. The minimum Gasteiger partial charge on any atom is -0.306 e. The molecular weight excluding hydrogens is 272 g/mol. The minimum absolute atomic E-state index is 0.0701. The summed E-state index contributed by atoms with van der Waals surface area (Å²) < 4.78 is 29.3. The van der Waals surface area contributed by atoms with E-state index in [2.05, 4.69) is 31.2 Å². The van der Waals surface area contributed by atoms with Gasteiger partial charge in [0.25, 0.3) is 0 Å². The van der Waals surface area contributed by atoms with Crippen LogP contribution in [-0.4, -0.2) is 9.78 Å². The summed E-state index contributed by atoms with van der Waals surface area (Å²) in [6.45, 7) is 8.44. The zero-order chi connectivity index (χ0) is 15.6. The van der Waals surface area contributed by atoms with Gasteiger partial charge in [0.05, 0.1) is 11.7 Å². The first kappa shape index (κ1) is 15.6. The Morgan fingerprint density at radius 3 is 2.38 bits per heavy atom. The highest BCUT2D eigenvalue weighted by atomic mass is 19.1. The highest BCUT2D eigenvalue weighted by molar-refractivity contribution is 5.23. The fraction of sp³-hybridized carbons (Fsp3) is 0.438. The van der Waals surface area contributed by atoms with Crippen molar-refractivity contribution in [3.8, 4) is 0 Å². The van der Waals surface area contributed by atoms with E-state index in [1.165, 1.54) is 18.2 Å². The molecule has 0 fully saturated rings. The van der Waals surface area contributed by atoms with Gasteiger partial charge in [0.15, 0.2) is 0 Å². The molecule has 0 saturated carbocycles. The molecule has 2 rings (SSSR count). The van der Waals surface area contributed by atoms with Crippen molar-refractivity contribution in [1.29, 1.82) is 0 Å². The van der Waals surface area contributed by atoms with E-state index in [0.717, 1.165) is 5.56 Å². The van der Waals surface area contributed by atoms with Gasteiger partial charge in [0.1, 0.15) is 11.6 Å². The second-order valence-corrected chi connectivity index (χ2v) is 6.20. The Morgan fingerprint density at radius 1 is 1.24 bits per heavy atom. The average molecular weight is 293 g/mol. The van der Waals surface area contributed by atoms with Crippen molar-refractivity contribution in [2.75, 3.05) is 0 Å². The van der Waals surface area contributed by atoms with E-state index < -0.39 is 17.7 Å². The molecule has 3 nitrogen and oxygen atoms in total. The fourth-order valence-electron chi connectivity index (χ4n) is 2.12. The molecule has 2 aromatic rings. The zero-order valence-electron chi connectivity index (χ0n) is 12.8. The van der Waals surface area contributed by atoms with Crippen LogP contribution >= 0.6 is 0 Å². The van der Waals surface area contributed by atoms with Crippen LogP contribution in [0.5, 0.6) is 0 Å². The topological polar surface area (TPSA) is 29.9 Å². The Kier molecular flexibility index (Phi) is 4.42. The molecule has 1 N–H and O–H groups in total. The molecule has 0 aliphatic heterocycles. The average Bonchev–Trinajstić information content (AvgIpc) is 2.84. The lowest BCUT2D eigenvalue weighted by Crippen LogP contribution is -2.22. The molecular formula is C16H21F2N3. The lowest BCUT2D eigenvalue weighted by molar-refractivity contribution is 0.355. The number of nitrogens with zero attached hydrogens (tertiary/aromatic N) is 2. The van der Waals surface area contributed by atoms with E-state index in [1.54, 1.807) is 13.1 Å². The third-order valence-electron chi connectivity index (χ3n) is 3.37. The van der Waals surface area contributed by atoms with Gasteiger partial charge >= 0.3 is 0 Å². The van der Waals surface area contributed by atoms with Gasteiger partial charge < -0.3 is 5.32 Å². The molecule has 114 valence electrons. The predicted molar refractivity (Wildman–Crippen MR) is 78.8 cm³/mol. The smallest absolute Gasteiger partial charge is 0.130 e. The van der Waals surface area contributed by atoms with Gasteiger partial charge in [-0.2, -0.15) is 5.10 Å². The number of hydrogen-bond donors (Lipinski definition) is 1. The molecule has 0 aliphatic carbocycles. The lowest BCUT2D eigenvalue weighted by atomic mass is 10.1. The van der Waals surface area contributed by atoms with Crippen LogP contribution < -0.4 is 5.32 Å². The number of hydrogen-bond acceptors (Lipinski definition) is 2. The van der Waals surface area contributed by atoms with E-state index in [-0.39, 0.29) is 11.1 Å². The van der Waals surface area contributed by atoms with Crippen LogP contribution in [0.15, 0.2) is 30.6 Å². The predicted octanol–water partition coefficient (Wildman–Crippen LogP) is 3.77. The minimum atomic E-state index is -0.527. The molecule has 1 heterocycles. The van der Waals surface area contributed by atoms with Crippen molar-refractivity contribution in [1.82, 2.24) is 15.1 Å². The summed E-state index contributed by atoms with van der Waals surface area (Å²) in [4.78, 5) is 0. The molecule has 0 radical (unpaired) electrons. The van der Waals surface area contributed by atoms with Crippen LogP contribution in [0.25, 0.3) is 0 Å². The van der Waals surface area contributed by atoms with Crippen LogP contribution in [-0.2, 0) is 12.1 Å². The van der Waals surface area contributed by atoms with Crippen LogP contribution in [0.3, 0.4) is 0 Å².